The van der Waals surface area contributed by atoms with Crippen LogP contribution in [0.15, 0.2) is 42.2 Å². The standard InChI is InChI=1S/C27H33FN3O2PS/c1-8-10-20-23(26(32)15(3)4)19-12-11-18-14-30-24(27(34)22(18)25(19)31(20)35-28)17(6)16(5)13-21(33-7)29-9-2/h9,13-15H,2,6,8,10-12,34H2,1,3-5,7H3/b16-13+,29-21?. The largest absolute Gasteiger partial charge is 0.481 e. The lowest BCUT2D eigenvalue weighted by atomic mass is 9.85. The molecule has 2 aromatic heterocycles. The van der Waals surface area contributed by atoms with Gasteiger partial charge in [0.05, 0.1) is 18.5 Å². The molecule has 1 aliphatic carbocycles. The average Bonchev–Trinajstić information content (AvgIpc) is 3.15. The van der Waals surface area contributed by atoms with E-state index in [1.165, 1.54) is 6.20 Å². The van der Waals surface area contributed by atoms with Gasteiger partial charge in [0.15, 0.2) is 18.1 Å². The van der Waals surface area contributed by atoms with Gasteiger partial charge in [-0.1, -0.05) is 40.3 Å². The highest BCUT2D eigenvalue weighted by Crippen LogP contribution is 2.43. The van der Waals surface area contributed by atoms with Gasteiger partial charge in [-0.05, 0) is 48.5 Å². The van der Waals surface area contributed by atoms with Gasteiger partial charge in [-0.25, -0.2) is 4.99 Å². The Morgan fingerprint density at radius 1 is 1.43 bits per heavy atom. The lowest BCUT2D eigenvalue weighted by Crippen LogP contribution is -2.18. The van der Waals surface area contributed by atoms with Crippen molar-refractivity contribution in [2.24, 2.45) is 10.9 Å². The fraction of sp³-hybridized carbons (Fsp3) is 0.370. The highest BCUT2D eigenvalue weighted by atomic mass is 32.2. The van der Waals surface area contributed by atoms with Gasteiger partial charge in [-0.15, -0.1) is 13.1 Å². The molecule has 0 radical (unpaired) electrons. The van der Waals surface area contributed by atoms with E-state index in [0.717, 1.165) is 51.8 Å². The van der Waals surface area contributed by atoms with Gasteiger partial charge in [0, 0.05) is 46.5 Å². The van der Waals surface area contributed by atoms with Crippen LogP contribution in [0.4, 0.5) is 3.89 Å². The van der Waals surface area contributed by atoms with Crippen LogP contribution in [0.25, 0.3) is 16.8 Å². The van der Waals surface area contributed by atoms with Crippen molar-refractivity contribution in [1.29, 1.82) is 0 Å². The van der Waals surface area contributed by atoms with Crippen molar-refractivity contribution < 1.29 is 13.4 Å². The molecule has 1 unspecified atom stereocenters. The minimum Gasteiger partial charge on any atom is -0.481 e. The minimum atomic E-state index is -0.167. The zero-order chi connectivity index (χ0) is 25.9. The maximum absolute atomic E-state index is 14.5. The van der Waals surface area contributed by atoms with Crippen molar-refractivity contribution >= 4 is 44.1 Å². The van der Waals surface area contributed by atoms with E-state index >= 15 is 0 Å². The second kappa shape index (κ2) is 11.5. The van der Waals surface area contributed by atoms with Crippen molar-refractivity contribution in [2.45, 2.75) is 53.4 Å². The second-order valence-corrected chi connectivity index (χ2v) is 9.94. The van der Waals surface area contributed by atoms with E-state index in [2.05, 4.69) is 27.4 Å². The second-order valence-electron chi connectivity index (χ2n) is 8.86. The van der Waals surface area contributed by atoms with E-state index in [0.29, 0.717) is 35.6 Å². The van der Waals surface area contributed by atoms with Crippen LogP contribution in [0.5, 0.6) is 0 Å². The first kappa shape index (κ1) is 27.1. The topological polar surface area (TPSA) is 56.5 Å². The average molecular weight is 514 g/mol. The van der Waals surface area contributed by atoms with Gasteiger partial charge in [-0.2, -0.15) is 0 Å². The number of aromatic nitrogens is 2. The van der Waals surface area contributed by atoms with Crippen LogP contribution in [0, 0.1) is 5.92 Å². The zero-order valence-electron chi connectivity index (χ0n) is 21.1. The van der Waals surface area contributed by atoms with E-state index < -0.39 is 0 Å². The monoisotopic (exact) mass is 513 g/mol. The number of pyridine rings is 1. The Morgan fingerprint density at radius 2 is 2.14 bits per heavy atom. The third-order valence-corrected chi connectivity index (χ3v) is 7.36. The molecule has 0 N–H and O–H groups in total. The van der Waals surface area contributed by atoms with Gasteiger partial charge < -0.3 is 4.74 Å². The molecule has 1 atom stereocenters. The molecule has 0 spiro atoms. The number of allylic oxidation sites excluding steroid dienone is 2. The Labute approximate surface area is 214 Å². The van der Waals surface area contributed by atoms with Crippen molar-refractivity contribution in [3.8, 4) is 11.3 Å². The summed E-state index contributed by atoms with van der Waals surface area (Å²) in [5.41, 5.74) is 7.32. The number of aryl methyl sites for hydroxylation is 1. The van der Waals surface area contributed by atoms with Crippen molar-refractivity contribution in [3.63, 3.8) is 0 Å². The molecule has 0 aliphatic heterocycles. The highest BCUT2D eigenvalue weighted by Gasteiger charge is 2.34. The number of aliphatic imine (C=N–C) groups is 1. The summed E-state index contributed by atoms with van der Waals surface area (Å²) < 4.78 is 21.4. The van der Waals surface area contributed by atoms with Crippen LogP contribution in [0.1, 0.15) is 67.0 Å². The molecule has 0 saturated carbocycles. The molecule has 2 heterocycles. The number of methoxy groups -OCH3 is 1. The van der Waals surface area contributed by atoms with E-state index in [-0.39, 0.29) is 24.0 Å². The lowest BCUT2D eigenvalue weighted by molar-refractivity contribution is 0.0937. The molecule has 0 saturated heterocycles. The fourth-order valence-electron chi connectivity index (χ4n) is 4.50. The quantitative estimate of drug-likeness (QED) is 0.127. The highest BCUT2D eigenvalue weighted by molar-refractivity contribution is 7.92. The van der Waals surface area contributed by atoms with E-state index in [4.69, 9.17) is 9.72 Å². The molecule has 1 aliphatic rings. The first-order valence-electron chi connectivity index (χ1n) is 11.7. The molecule has 0 aromatic carbocycles. The predicted molar refractivity (Wildman–Crippen MR) is 149 cm³/mol. The number of hydrogen-bond donors (Lipinski definition) is 0. The third-order valence-electron chi connectivity index (χ3n) is 6.26. The molecule has 3 rings (SSSR count). The summed E-state index contributed by atoms with van der Waals surface area (Å²) in [4.78, 5) is 22.1. The summed E-state index contributed by atoms with van der Waals surface area (Å²) in [5, 5.41) is 0.834. The summed E-state index contributed by atoms with van der Waals surface area (Å²) in [5.74, 6) is 0.310. The number of fused-ring (bicyclic) bond motifs is 3. The first-order valence-corrected chi connectivity index (χ1v) is 12.9. The number of halogens is 1. The van der Waals surface area contributed by atoms with Gasteiger partial charge in [0.1, 0.15) is 0 Å². The first-order chi connectivity index (χ1) is 16.7. The molecule has 35 heavy (non-hydrogen) atoms. The minimum absolute atomic E-state index is 0.0670. The van der Waals surface area contributed by atoms with Crippen LogP contribution in [-0.2, 0) is 24.0 Å². The summed E-state index contributed by atoms with van der Waals surface area (Å²) in [6, 6.07) is 0. The number of ketones is 1. The Kier molecular flexibility index (Phi) is 8.89. The number of hydrogen-bond acceptors (Lipinski definition) is 5. The number of rotatable bonds is 9. The van der Waals surface area contributed by atoms with Crippen LogP contribution >= 0.6 is 21.6 Å². The Hall–Kier alpha value is -2.50. The third kappa shape index (κ3) is 5.07. The smallest absolute Gasteiger partial charge is 0.213 e. The Morgan fingerprint density at radius 3 is 2.71 bits per heavy atom. The molecule has 0 fully saturated rings. The van der Waals surface area contributed by atoms with Crippen LogP contribution in [0.3, 0.4) is 0 Å². The van der Waals surface area contributed by atoms with Crippen molar-refractivity contribution in [3.05, 3.63) is 65.3 Å². The summed E-state index contributed by atoms with van der Waals surface area (Å²) >= 11 is 0.169. The number of ether oxygens (including phenoxy) is 1. The zero-order valence-corrected chi connectivity index (χ0v) is 23.0. The van der Waals surface area contributed by atoms with Gasteiger partial charge in [0.25, 0.3) is 0 Å². The SMILES string of the molecule is C=CN=C(/C=C(\C)C(=C)c1ncc2c(c1P)-c1c(c(C(=O)C(C)C)c(CCC)n1SF)CC2)OC. The van der Waals surface area contributed by atoms with Crippen LogP contribution in [0.2, 0.25) is 0 Å². The van der Waals surface area contributed by atoms with E-state index in [1.54, 1.807) is 17.2 Å². The molecule has 0 amide bonds. The maximum atomic E-state index is 14.5. The Bertz CT molecular complexity index is 1240. The van der Waals surface area contributed by atoms with Gasteiger partial charge >= 0.3 is 0 Å². The molecular formula is C27H33FN3O2PS. The Balaban J connectivity index is 2.25. The van der Waals surface area contributed by atoms with Gasteiger partial charge in [0.2, 0.25) is 5.90 Å². The van der Waals surface area contributed by atoms with E-state index in [9.17, 15) is 8.68 Å². The van der Waals surface area contributed by atoms with Crippen molar-refractivity contribution in [1.82, 2.24) is 8.96 Å². The molecule has 5 nitrogen and oxygen atoms in total. The number of carbonyl (C=O) groups is 1. The molecule has 8 heteroatoms. The molecule has 0 bridgehead atoms. The number of Topliss-reactive ketones (excluding diaryl/α,β-unsaturated/α-hetero) is 1. The molecular weight excluding hydrogens is 480 g/mol. The fourth-order valence-corrected chi connectivity index (χ4v) is 5.61. The summed E-state index contributed by atoms with van der Waals surface area (Å²) in [6.45, 7) is 15.6. The van der Waals surface area contributed by atoms with Crippen LogP contribution < -0.4 is 5.30 Å². The molecule has 2 aromatic rings. The maximum Gasteiger partial charge on any atom is 0.213 e. The van der Waals surface area contributed by atoms with Crippen molar-refractivity contribution in [2.75, 3.05) is 7.11 Å². The summed E-state index contributed by atoms with van der Waals surface area (Å²) in [7, 11) is 4.32. The number of carbonyl (C=O) groups excluding carboxylic acids is 1. The van der Waals surface area contributed by atoms with Gasteiger partial charge in [-0.3, -0.25) is 13.8 Å². The lowest BCUT2D eigenvalue weighted by Gasteiger charge is -2.23. The summed E-state index contributed by atoms with van der Waals surface area (Å²) in [6.07, 6.45) is 7.91. The normalized spacial score (nSPS) is 13.5. The predicted octanol–water partition coefficient (Wildman–Crippen LogP) is 6.47. The van der Waals surface area contributed by atoms with Crippen LogP contribution in [-0.4, -0.2) is 27.7 Å². The molecule has 186 valence electrons. The van der Waals surface area contributed by atoms with E-state index in [1.807, 2.05) is 33.9 Å². The number of nitrogens with zero attached hydrogens (tertiary/aromatic N) is 3.